The highest BCUT2D eigenvalue weighted by Gasteiger charge is 2.17. The number of anilines is 1. The number of hydrogen-bond acceptors (Lipinski definition) is 3. The summed E-state index contributed by atoms with van der Waals surface area (Å²) in [4.78, 5) is 6.35. The minimum Gasteiger partial charge on any atom is -0.375 e. The van der Waals surface area contributed by atoms with Gasteiger partial charge in [-0.15, -0.1) is 6.42 Å². The normalized spacial score (nSPS) is 20.6. The smallest absolute Gasteiger partial charge is 0.131 e. The number of rotatable bonds is 1. The number of terminal acetylenes is 1. The van der Waals surface area contributed by atoms with E-state index in [9.17, 15) is 0 Å². The minimum absolute atomic E-state index is 0.236. The zero-order chi connectivity index (χ0) is 11.5. The number of nitrogens with zero attached hydrogens (tertiary/aromatic N) is 2. The first-order valence-corrected chi connectivity index (χ1v) is 5.57. The first-order chi connectivity index (χ1) is 7.70. The van der Waals surface area contributed by atoms with Gasteiger partial charge in [0.15, 0.2) is 0 Å². The van der Waals surface area contributed by atoms with E-state index in [0.717, 1.165) is 25.4 Å². The molecule has 2 heterocycles. The lowest BCUT2D eigenvalue weighted by molar-refractivity contribution is 0.0532. The second-order valence-electron chi connectivity index (χ2n) is 3.80. The molecule has 1 aromatic heterocycles. The summed E-state index contributed by atoms with van der Waals surface area (Å²) in [5, 5.41) is 0.527. The largest absolute Gasteiger partial charge is 0.375 e. The van der Waals surface area contributed by atoms with Crippen LogP contribution in [-0.2, 0) is 4.74 Å². The van der Waals surface area contributed by atoms with Crippen LogP contribution in [0.5, 0.6) is 0 Å². The molecule has 0 aromatic carbocycles. The van der Waals surface area contributed by atoms with Crippen molar-refractivity contribution < 1.29 is 4.74 Å². The maximum atomic E-state index is 6.02. The number of aromatic nitrogens is 1. The van der Waals surface area contributed by atoms with Crippen molar-refractivity contribution in [1.29, 1.82) is 0 Å². The third-order valence-corrected chi connectivity index (χ3v) is 2.86. The van der Waals surface area contributed by atoms with Crippen LogP contribution in [0.1, 0.15) is 12.6 Å². The lowest BCUT2D eigenvalue weighted by atomic mass is 10.2. The summed E-state index contributed by atoms with van der Waals surface area (Å²) in [5.74, 6) is 2.45. The highest BCUT2D eigenvalue weighted by Crippen LogP contribution is 2.22. The van der Waals surface area contributed by atoms with Crippen molar-refractivity contribution in [3.05, 3.63) is 23.0 Å². The van der Waals surface area contributed by atoms with E-state index in [4.69, 9.17) is 22.8 Å². The summed E-state index contributed by atoms with van der Waals surface area (Å²) in [7, 11) is 0. The van der Waals surface area contributed by atoms with E-state index < -0.39 is 0 Å². The molecule has 0 N–H and O–H groups in total. The highest BCUT2D eigenvalue weighted by atomic mass is 35.5. The molecule has 1 atom stereocenters. The predicted molar refractivity (Wildman–Crippen MR) is 64.8 cm³/mol. The monoisotopic (exact) mass is 236 g/mol. The van der Waals surface area contributed by atoms with Gasteiger partial charge in [0.1, 0.15) is 5.69 Å². The molecular weight excluding hydrogens is 224 g/mol. The SMILES string of the molecule is C#Cc1ncc(N2CCOC(C)C2)cc1Cl. The van der Waals surface area contributed by atoms with Gasteiger partial charge in [-0.25, -0.2) is 4.98 Å². The molecule has 1 unspecified atom stereocenters. The van der Waals surface area contributed by atoms with Crippen LogP contribution in [0.2, 0.25) is 5.02 Å². The number of halogens is 1. The molecule has 0 bridgehead atoms. The van der Waals surface area contributed by atoms with E-state index in [1.807, 2.05) is 6.07 Å². The molecule has 0 aliphatic carbocycles. The molecule has 1 aliphatic rings. The van der Waals surface area contributed by atoms with E-state index in [-0.39, 0.29) is 6.10 Å². The fourth-order valence-electron chi connectivity index (χ4n) is 1.76. The summed E-state index contributed by atoms with van der Waals surface area (Å²) in [6.07, 6.45) is 7.27. The van der Waals surface area contributed by atoms with E-state index in [1.54, 1.807) is 6.20 Å². The van der Waals surface area contributed by atoms with Gasteiger partial charge in [0.05, 0.1) is 29.6 Å². The molecule has 1 aliphatic heterocycles. The van der Waals surface area contributed by atoms with Crippen LogP contribution in [0.15, 0.2) is 12.3 Å². The quantitative estimate of drug-likeness (QED) is 0.697. The molecule has 1 aromatic rings. The molecule has 0 amide bonds. The van der Waals surface area contributed by atoms with Gasteiger partial charge in [-0.05, 0) is 18.9 Å². The Morgan fingerprint density at radius 3 is 3.12 bits per heavy atom. The molecular formula is C12H13ClN2O. The van der Waals surface area contributed by atoms with Crippen LogP contribution in [0.25, 0.3) is 0 Å². The third-order valence-electron chi connectivity index (χ3n) is 2.57. The lowest BCUT2D eigenvalue weighted by Gasteiger charge is -2.32. The van der Waals surface area contributed by atoms with E-state index in [2.05, 4.69) is 22.7 Å². The molecule has 1 fully saturated rings. The van der Waals surface area contributed by atoms with Gasteiger partial charge in [-0.3, -0.25) is 0 Å². The molecule has 4 heteroatoms. The number of hydrogen-bond donors (Lipinski definition) is 0. The Kier molecular flexibility index (Phi) is 3.33. The molecule has 0 spiro atoms. The van der Waals surface area contributed by atoms with Gasteiger partial charge in [-0.1, -0.05) is 11.6 Å². The zero-order valence-corrected chi connectivity index (χ0v) is 9.87. The lowest BCUT2D eigenvalue weighted by Crippen LogP contribution is -2.41. The van der Waals surface area contributed by atoms with Gasteiger partial charge in [-0.2, -0.15) is 0 Å². The summed E-state index contributed by atoms with van der Waals surface area (Å²) in [6.45, 7) is 4.50. The Labute approximate surface area is 100 Å². The van der Waals surface area contributed by atoms with Crippen molar-refractivity contribution in [3.63, 3.8) is 0 Å². The summed E-state index contributed by atoms with van der Waals surface area (Å²) >= 11 is 6.02. The number of pyridine rings is 1. The summed E-state index contributed by atoms with van der Waals surface area (Å²) in [5.41, 5.74) is 1.49. The standard InChI is InChI=1S/C12H13ClN2O/c1-3-12-11(13)6-10(7-14-12)15-4-5-16-9(2)8-15/h1,6-7,9H,4-5,8H2,2H3. The van der Waals surface area contributed by atoms with Gasteiger partial charge in [0.2, 0.25) is 0 Å². The van der Waals surface area contributed by atoms with E-state index >= 15 is 0 Å². The third kappa shape index (κ3) is 2.29. The van der Waals surface area contributed by atoms with Crippen LogP contribution >= 0.6 is 11.6 Å². The molecule has 1 saturated heterocycles. The van der Waals surface area contributed by atoms with Crippen molar-refractivity contribution in [1.82, 2.24) is 4.98 Å². The van der Waals surface area contributed by atoms with Crippen molar-refractivity contribution in [2.75, 3.05) is 24.6 Å². The Hall–Kier alpha value is -1.24. The first kappa shape index (κ1) is 11.3. The van der Waals surface area contributed by atoms with Crippen LogP contribution < -0.4 is 4.90 Å². The molecule has 0 radical (unpaired) electrons. The van der Waals surface area contributed by atoms with Crippen molar-refractivity contribution in [2.45, 2.75) is 13.0 Å². The second kappa shape index (κ2) is 4.73. The Morgan fingerprint density at radius 2 is 2.50 bits per heavy atom. The van der Waals surface area contributed by atoms with Crippen molar-refractivity contribution in [3.8, 4) is 12.3 Å². The van der Waals surface area contributed by atoms with Gasteiger partial charge >= 0.3 is 0 Å². The molecule has 3 nitrogen and oxygen atoms in total. The van der Waals surface area contributed by atoms with Gasteiger partial charge < -0.3 is 9.64 Å². The number of ether oxygens (including phenoxy) is 1. The topological polar surface area (TPSA) is 25.4 Å². The van der Waals surface area contributed by atoms with Gasteiger partial charge in [0, 0.05) is 13.1 Å². The average Bonchev–Trinajstić information content (AvgIpc) is 2.29. The van der Waals surface area contributed by atoms with E-state index in [0.29, 0.717) is 10.7 Å². The maximum absolute atomic E-state index is 6.02. The molecule has 84 valence electrons. The molecule has 0 saturated carbocycles. The Morgan fingerprint density at radius 1 is 1.69 bits per heavy atom. The molecule has 2 rings (SSSR count). The first-order valence-electron chi connectivity index (χ1n) is 5.19. The molecule has 16 heavy (non-hydrogen) atoms. The average molecular weight is 237 g/mol. The van der Waals surface area contributed by atoms with Crippen LogP contribution in [0.4, 0.5) is 5.69 Å². The van der Waals surface area contributed by atoms with Crippen molar-refractivity contribution in [2.24, 2.45) is 0 Å². The highest BCUT2D eigenvalue weighted by molar-refractivity contribution is 6.31. The zero-order valence-electron chi connectivity index (χ0n) is 9.11. The fraction of sp³-hybridized carbons (Fsp3) is 0.417. The Balaban J connectivity index is 2.21. The minimum atomic E-state index is 0.236. The summed E-state index contributed by atoms with van der Waals surface area (Å²) in [6, 6.07) is 1.86. The fourth-order valence-corrected chi connectivity index (χ4v) is 1.98. The summed E-state index contributed by atoms with van der Waals surface area (Å²) < 4.78 is 5.48. The maximum Gasteiger partial charge on any atom is 0.131 e. The van der Waals surface area contributed by atoms with E-state index in [1.165, 1.54) is 0 Å². The van der Waals surface area contributed by atoms with Crippen molar-refractivity contribution >= 4 is 17.3 Å². The second-order valence-corrected chi connectivity index (χ2v) is 4.20. The van der Waals surface area contributed by atoms with Gasteiger partial charge in [0.25, 0.3) is 0 Å². The van der Waals surface area contributed by atoms with Crippen LogP contribution in [0, 0.1) is 12.3 Å². The van der Waals surface area contributed by atoms with Crippen LogP contribution in [-0.4, -0.2) is 30.8 Å². The number of morpholine rings is 1. The van der Waals surface area contributed by atoms with Crippen LogP contribution in [0.3, 0.4) is 0 Å². The Bertz CT molecular complexity index is 428. The predicted octanol–water partition coefficient (Wildman–Crippen LogP) is 1.94.